The summed E-state index contributed by atoms with van der Waals surface area (Å²) < 4.78 is 16.8. The van der Waals surface area contributed by atoms with E-state index < -0.39 is 6.10 Å². The van der Waals surface area contributed by atoms with Crippen molar-refractivity contribution in [3.63, 3.8) is 0 Å². The Balaban J connectivity index is 4.44. The van der Waals surface area contributed by atoms with Crippen LogP contribution in [0.5, 0.6) is 0 Å². The fourth-order valence-electron chi connectivity index (χ4n) is 8.12. The number of ether oxygens (including phenoxy) is 3. The number of hydrogen-bond acceptors (Lipinski definition) is 6. The molecule has 0 aromatic carbocycles. The van der Waals surface area contributed by atoms with Crippen molar-refractivity contribution in [1.29, 1.82) is 0 Å². The summed E-state index contributed by atoms with van der Waals surface area (Å²) in [5.74, 6) is -0.951. The van der Waals surface area contributed by atoms with Gasteiger partial charge in [0.15, 0.2) is 6.10 Å². The third kappa shape index (κ3) is 53.8. The van der Waals surface area contributed by atoms with E-state index in [-0.39, 0.29) is 37.5 Å². The molecule has 0 saturated carbocycles. The van der Waals surface area contributed by atoms with Crippen molar-refractivity contribution >= 4 is 17.9 Å². The molecule has 1 atom stereocenters. The lowest BCUT2D eigenvalue weighted by atomic mass is 10.0. The Kier molecular flexibility index (Phi) is 53.8. The minimum absolute atomic E-state index is 0.0970. The maximum absolute atomic E-state index is 12.8. The van der Waals surface area contributed by atoms with Crippen LogP contribution >= 0.6 is 0 Å². The molecule has 0 rings (SSSR count). The highest BCUT2D eigenvalue weighted by Gasteiger charge is 2.19. The Morgan fingerprint density at radius 2 is 0.588 bits per heavy atom. The van der Waals surface area contributed by atoms with Crippen molar-refractivity contribution in [2.45, 2.75) is 290 Å². The predicted octanol–water partition coefficient (Wildman–Crippen LogP) is 19.4. The molecular weight excluding hydrogens is 841 g/mol. The third-order valence-electron chi connectivity index (χ3n) is 12.4. The van der Waals surface area contributed by atoms with Crippen LogP contribution in [0.4, 0.5) is 0 Å². The van der Waals surface area contributed by atoms with Gasteiger partial charge >= 0.3 is 17.9 Å². The molecule has 6 nitrogen and oxygen atoms in total. The van der Waals surface area contributed by atoms with E-state index in [0.717, 1.165) is 77.0 Å². The molecule has 0 amide bonds. The molecule has 68 heavy (non-hydrogen) atoms. The number of carbonyl (C=O) groups excluding carboxylic acids is 3. The van der Waals surface area contributed by atoms with E-state index in [1.807, 2.05) is 0 Å². The number of hydrogen-bond donors (Lipinski definition) is 0. The van der Waals surface area contributed by atoms with E-state index in [1.165, 1.54) is 161 Å². The van der Waals surface area contributed by atoms with E-state index in [0.29, 0.717) is 19.3 Å². The first kappa shape index (κ1) is 64.8. The fourth-order valence-corrected chi connectivity index (χ4v) is 8.12. The predicted molar refractivity (Wildman–Crippen MR) is 293 cm³/mol. The van der Waals surface area contributed by atoms with Crippen molar-refractivity contribution < 1.29 is 28.6 Å². The Morgan fingerprint density at radius 3 is 0.956 bits per heavy atom. The second-order valence-electron chi connectivity index (χ2n) is 19.2. The van der Waals surface area contributed by atoms with Gasteiger partial charge in [-0.15, -0.1) is 0 Å². The minimum Gasteiger partial charge on any atom is -0.462 e. The molecule has 0 spiro atoms. The van der Waals surface area contributed by atoms with Crippen LogP contribution < -0.4 is 0 Å². The van der Waals surface area contributed by atoms with Crippen molar-refractivity contribution in [3.05, 3.63) is 72.9 Å². The summed E-state index contributed by atoms with van der Waals surface area (Å²) in [6.07, 6.45) is 71.8. The molecule has 0 bridgehead atoms. The molecule has 0 heterocycles. The number of esters is 3. The van der Waals surface area contributed by atoms with Crippen LogP contribution in [0, 0.1) is 0 Å². The van der Waals surface area contributed by atoms with Crippen molar-refractivity contribution in [3.8, 4) is 0 Å². The van der Waals surface area contributed by atoms with Crippen LogP contribution in [0.1, 0.15) is 284 Å². The van der Waals surface area contributed by atoms with Gasteiger partial charge in [0.1, 0.15) is 13.2 Å². The number of rotatable bonds is 52. The molecule has 0 N–H and O–H groups in total. The van der Waals surface area contributed by atoms with Crippen LogP contribution in [-0.2, 0) is 28.6 Å². The lowest BCUT2D eigenvalue weighted by Crippen LogP contribution is -2.30. The van der Waals surface area contributed by atoms with Crippen molar-refractivity contribution in [2.24, 2.45) is 0 Å². The summed E-state index contributed by atoms with van der Waals surface area (Å²) in [6.45, 7) is 6.50. The maximum Gasteiger partial charge on any atom is 0.306 e. The lowest BCUT2D eigenvalue weighted by molar-refractivity contribution is -0.167. The normalized spacial score (nSPS) is 12.6. The molecule has 0 radical (unpaired) electrons. The first-order chi connectivity index (χ1) is 33.5. The first-order valence-corrected chi connectivity index (χ1v) is 28.9. The topological polar surface area (TPSA) is 78.9 Å². The Hall–Kier alpha value is -3.15. The molecule has 392 valence electrons. The molecule has 0 unspecified atom stereocenters. The first-order valence-electron chi connectivity index (χ1n) is 28.9. The highest BCUT2D eigenvalue weighted by atomic mass is 16.6. The number of unbranched alkanes of at least 4 members (excludes halogenated alkanes) is 29. The summed E-state index contributed by atoms with van der Waals surface area (Å²) >= 11 is 0. The summed E-state index contributed by atoms with van der Waals surface area (Å²) in [5, 5.41) is 0. The molecule has 6 heteroatoms. The van der Waals surface area contributed by atoms with Crippen molar-refractivity contribution in [1.82, 2.24) is 0 Å². The second kappa shape index (κ2) is 56.4. The Morgan fingerprint density at radius 1 is 0.309 bits per heavy atom. The smallest absolute Gasteiger partial charge is 0.306 e. The van der Waals surface area contributed by atoms with Gasteiger partial charge in [-0.3, -0.25) is 14.4 Å². The fraction of sp³-hybridized carbons (Fsp3) is 0.758. The third-order valence-corrected chi connectivity index (χ3v) is 12.4. The van der Waals surface area contributed by atoms with Gasteiger partial charge in [-0.05, 0) is 83.5 Å². The molecule has 0 aromatic rings. The standard InChI is InChI=1S/C62H108O6/c1-4-7-10-13-16-19-22-25-28-30-31-33-34-37-40-43-46-49-52-55-61(64)67-58-59(57-66-60(63)54-51-48-45-42-39-36-27-24-21-18-15-12-9-6-3)68-62(65)56-53-50-47-44-41-38-35-32-29-26-23-20-17-14-11-8-5-2/h8,11,17,20,26,29-31,35,38,44,47,59H,4-7,9-10,12-16,18-19,21-25,27-28,32-34,36-37,39-43,45-46,48-58H2,1-3H3/b11-8-,20-17-,29-26-,31-30-,38-35-,47-44-/t59-/m1/s1. The SMILES string of the molecule is CC/C=C\C/C=C\C/C=C\C/C=C\C/C=C\CCCC(=O)O[C@@H](COC(=O)CCCCCCCCC/C=C\CCCCCCCCCC)COC(=O)CCCCCCCCCCCCCCCC. The zero-order chi connectivity index (χ0) is 49.3. The molecule has 0 aliphatic carbocycles. The minimum atomic E-state index is -0.805. The summed E-state index contributed by atoms with van der Waals surface area (Å²) in [6, 6.07) is 0. The zero-order valence-electron chi connectivity index (χ0n) is 44.9. The quantitative estimate of drug-likeness (QED) is 0.0262. The summed E-state index contributed by atoms with van der Waals surface area (Å²) in [4.78, 5) is 38.1. The number of carbonyl (C=O) groups is 3. The molecular formula is C62H108O6. The zero-order valence-corrected chi connectivity index (χ0v) is 44.9. The van der Waals surface area contributed by atoms with Gasteiger partial charge in [-0.25, -0.2) is 0 Å². The summed E-state index contributed by atoms with van der Waals surface area (Å²) in [5.41, 5.74) is 0. The van der Waals surface area contributed by atoms with Gasteiger partial charge in [0, 0.05) is 19.3 Å². The van der Waals surface area contributed by atoms with Crippen molar-refractivity contribution in [2.75, 3.05) is 13.2 Å². The Labute approximate surface area is 421 Å². The van der Waals surface area contributed by atoms with E-state index in [9.17, 15) is 14.4 Å². The largest absolute Gasteiger partial charge is 0.462 e. The molecule has 0 aliphatic rings. The van der Waals surface area contributed by atoms with Crippen LogP contribution in [0.3, 0.4) is 0 Å². The molecule has 0 saturated heterocycles. The van der Waals surface area contributed by atoms with Crippen LogP contribution in [0.25, 0.3) is 0 Å². The van der Waals surface area contributed by atoms with Gasteiger partial charge in [-0.2, -0.15) is 0 Å². The molecule has 0 aliphatic heterocycles. The second-order valence-corrected chi connectivity index (χ2v) is 19.2. The van der Waals surface area contributed by atoms with Gasteiger partial charge in [0.05, 0.1) is 0 Å². The average Bonchev–Trinajstić information content (AvgIpc) is 3.34. The maximum atomic E-state index is 12.8. The van der Waals surface area contributed by atoms with Crippen LogP contribution in [-0.4, -0.2) is 37.2 Å². The van der Waals surface area contributed by atoms with Gasteiger partial charge in [-0.1, -0.05) is 254 Å². The van der Waals surface area contributed by atoms with Crippen LogP contribution in [0.2, 0.25) is 0 Å². The monoisotopic (exact) mass is 949 g/mol. The molecule has 0 aromatic heterocycles. The van der Waals surface area contributed by atoms with E-state index in [4.69, 9.17) is 14.2 Å². The van der Waals surface area contributed by atoms with E-state index in [2.05, 4.69) is 93.7 Å². The van der Waals surface area contributed by atoms with Crippen LogP contribution in [0.15, 0.2) is 72.9 Å². The number of allylic oxidation sites excluding steroid dienone is 12. The Bertz CT molecular complexity index is 1270. The highest BCUT2D eigenvalue weighted by Crippen LogP contribution is 2.16. The lowest BCUT2D eigenvalue weighted by Gasteiger charge is -2.18. The van der Waals surface area contributed by atoms with Gasteiger partial charge in [0.2, 0.25) is 0 Å². The van der Waals surface area contributed by atoms with E-state index >= 15 is 0 Å². The van der Waals surface area contributed by atoms with E-state index in [1.54, 1.807) is 0 Å². The summed E-state index contributed by atoms with van der Waals surface area (Å²) in [7, 11) is 0. The van der Waals surface area contributed by atoms with Gasteiger partial charge < -0.3 is 14.2 Å². The highest BCUT2D eigenvalue weighted by molar-refractivity contribution is 5.71. The van der Waals surface area contributed by atoms with Gasteiger partial charge in [0.25, 0.3) is 0 Å². The molecule has 0 fully saturated rings. The average molecular weight is 950 g/mol.